The van der Waals surface area contributed by atoms with E-state index in [0.717, 1.165) is 43.5 Å². The fourth-order valence-corrected chi connectivity index (χ4v) is 2.80. The molecule has 108 valence electrons. The fraction of sp³-hybridized carbons (Fsp3) is 0.562. The van der Waals surface area contributed by atoms with E-state index in [4.69, 9.17) is 4.74 Å². The summed E-state index contributed by atoms with van der Waals surface area (Å²) in [6, 6.07) is 8.23. The van der Waals surface area contributed by atoms with Crippen LogP contribution in [0.25, 0.3) is 0 Å². The Bertz CT molecular complexity index is 460. The maximum absolute atomic E-state index is 12.2. The Labute approximate surface area is 120 Å². The Morgan fingerprint density at radius 2 is 1.80 bits per heavy atom. The maximum Gasteiger partial charge on any atom is 0.176 e. The molecule has 1 saturated heterocycles. The molecule has 0 spiro atoms. The molecule has 0 atom stereocenters. The lowest BCUT2D eigenvalue weighted by molar-refractivity contribution is 0.0843. The van der Waals surface area contributed by atoms with Crippen molar-refractivity contribution in [3.63, 3.8) is 0 Å². The molecule has 1 aromatic carbocycles. The van der Waals surface area contributed by atoms with Gasteiger partial charge in [0.25, 0.3) is 0 Å². The third-order valence-corrected chi connectivity index (χ3v) is 4.25. The summed E-state index contributed by atoms with van der Waals surface area (Å²) in [4.78, 5) is 17.1. The van der Waals surface area contributed by atoms with Crippen molar-refractivity contribution >= 4 is 5.78 Å². The summed E-state index contributed by atoms with van der Waals surface area (Å²) in [5, 5.41) is 0. The van der Waals surface area contributed by atoms with Crippen molar-refractivity contribution < 1.29 is 9.53 Å². The number of Topliss-reactive ketones (excluding diaryl/α,β-unsaturated/α-hetero) is 1. The average Bonchev–Trinajstić information content (AvgIpc) is 3.33. The third-order valence-electron chi connectivity index (χ3n) is 4.25. The van der Waals surface area contributed by atoms with Gasteiger partial charge in [0, 0.05) is 37.8 Å². The third kappa shape index (κ3) is 3.19. The van der Waals surface area contributed by atoms with Crippen LogP contribution in [-0.2, 0) is 0 Å². The lowest BCUT2D eigenvalue weighted by Crippen LogP contribution is -2.48. The van der Waals surface area contributed by atoms with Gasteiger partial charge >= 0.3 is 0 Å². The average molecular weight is 274 g/mol. The Kier molecular flexibility index (Phi) is 4.03. The van der Waals surface area contributed by atoms with Gasteiger partial charge in [-0.3, -0.25) is 14.6 Å². The van der Waals surface area contributed by atoms with E-state index in [1.54, 1.807) is 7.11 Å². The van der Waals surface area contributed by atoms with Gasteiger partial charge in [-0.25, -0.2) is 0 Å². The molecule has 0 unspecified atom stereocenters. The van der Waals surface area contributed by atoms with E-state index in [-0.39, 0.29) is 5.78 Å². The molecule has 1 aliphatic carbocycles. The summed E-state index contributed by atoms with van der Waals surface area (Å²) < 4.78 is 5.11. The highest BCUT2D eigenvalue weighted by Gasteiger charge is 2.31. The van der Waals surface area contributed by atoms with Crippen molar-refractivity contribution in [3.05, 3.63) is 29.8 Å². The fourth-order valence-electron chi connectivity index (χ4n) is 2.80. The van der Waals surface area contributed by atoms with Crippen LogP contribution in [0.3, 0.4) is 0 Å². The number of carbonyl (C=O) groups is 1. The first-order chi connectivity index (χ1) is 9.76. The van der Waals surface area contributed by atoms with E-state index >= 15 is 0 Å². The lowest BCUT2D eigenvalue weighted by atomic mass is 10.1. The molecule has 3 rings (SSSR count). The van der Waals surface area contributed by atoms with Gasteiger partial charge in [-0.15, -0.1) is 0 Å². The van der Waals surface area contributed by atoms with Gasteiger partial charge < -0.3 is 4.74 Å². The Balaban J connectivity index is 1.50. The van der Waals surface area contributed by atoms with Crippen molar-refractivity contribution in [3.8, 4) is 5.75 Å². The summed E-state index contributed by atoms with van der Waals surface area (Å²) >= 11 is 0. The van der Waals surface area contributed by atoms with Crippen molar-refractivity contribution in [2.45, 2.75) is 18.9 Å². The van der Waals surface area contributed by atoms with Gasteiger partial charge in [0.2, 0.25) is 0 Å². The largest absolute Gasteiger partial charge is 0.497 e. The van der Waals surface area contributed by atoms with Crippen LogP contribution in [0.1, 0.15) is 23.2 Å². The minimum absolute atomic E-state index is 0.201. The highest BCUT2D eigenvalue weighted by Crippen LogP contribution is 2.27. The van der Waals surface area contributed by atoms with E-state index in [0.29, 0.717) is 6.54 Å². The van der Waals surface area contributed by atoms with Crippen LogP contribution in [0.15, 0.2) is 24.3 Å². The topological polar surface area (TPSA) is 32.8 Å². The summed E-state index contributed by atoms with van der Waals surface area (Å²) in [5.74, 6) is 0.993. The highest BCUT2D eigenvalue weighted by molar-refractivity contribution is 5.97. The number of rotatable bonds is 5. The molecule has 1 heterocycles. The van der Waals surface area contributed by atoms with E-state index in [1.807, 2.05) is 24.3 Å². The van der Waals surface area contributed by atoms with E-state index in [1.165, 1.54) is 12.8 Å². The summed E-state index contributed by atoms with van der Waals surface area (Å²) in [5.41, 5.74) is 0.774. The SMILES string of the molecule is COc1ccc(C(=O)CN2CCN(C3CC3)CC2)cc1. The van der Waals surface area contributed by atoms with Gasteiger partial charge in [0.05, 0.1) is 13.7 Å². The zero-order valence-corrected chi connectivity index (χ0v) is 12.0. The first kappa shape index (κ1) is 13.6. The van der Waals surface area contributed by atoms with Crippen LogP contribution >= 0.6 is 0 Å². The number of ether oxygens (including phenoxy) is 1. The molecule has 20 heavy (non-hydrogen) atoms. The quantitative estimate of drug-likeness (QED) is 0.765. The summed E-state index contributed by atoms with van der Waals surface area (Å²) in [6.07, 6.45) is 2.73. The molecule has 4 nitrogen and oxygen atoms in total. The minimum atomic E-state index is 0.201. The monoisotopic (exact) mass is 274 g/mol. The minimum Gasteiger partial charge on any atom is -0.497 e. The summed E-state index contributed by atoms with van der Waals surface area (Å²) in [6.45, 7) is 4.78. The molecule has 1 saturated carbocycles. The van der Waals surface area contributed by atoms with E-state index in [2.05, 4.69) is 9.80 Å². The number of carbonyl (C=O) groups excluding carboxylic acids is 1. The smallest absolute Gasteiger partial charge is 0.176 e. The first-order valence-corrected chi connectivity index (χ1v) is 7.40. The summed E-state index contributed by atoms with van der Waals surface area (Å²) in [7, 11) is 1.64. The van der Waals surface area contributed by atoms with Crippen molar-refractivity contribution in [2.24, 2.45) is 0 Å². The Hall–Kier alpha value is -1.39. The van der Waals surface area contributed by atoms with Crippen molar-refractivity contribution in [1.82, 2.24) is 9.80 Å². The molecule has 1 aliphatic heterocycles. The lowest BCUT2D eigenvalue weighted by Gasteiger charge is -2.34. The van der Waals surface area contributed by atoms with E-state index < -0.39 is 0 Å². The van der Waals surface area contributed by atoms with Gasteiger partial charge in [-0.05, 0) is 37.1 Å². The van der Waals surface area contributed by atoms with Crippen molar-refractivity contribution in [1.29, 1.82) is 0 Å². The normalized spacial score (nSPS) is 20.9. The predicted octanol–water partition coefficient (Wildman–Crippen LogP) is 1.66. The zero-order chi connectivity index (χ0) is 13.9. The van der Waals surface area contributed by atoms with Crippen LogP contribution in [-0.4, -0.2) is 61.5 Å². The molecule has 2 aliphatic rings. The van der Waals surface area contributed by atoms with Crippen molar-refractivity contribution in [2.75, 3.05) is 39.8 Å². The molecule has 0 aromatic heterocycles. The molecule has 2 fully saturated rings. The number of methoxy groups -OCH3 is 1. The van der Waals surface area contributed by atoms with Crippen LogP contribution < -0.4 is 4.74 Å². The number of ketones is 1. The molecule has 0 bridgehead atoms. The maximum atomic E-state index is 12.2. The Morgan fingerprint density at radius 1 is 1.15 bits per heavy atom. The van der Waals surface area contributed by atoms with Crippen LogP contribution in [0.5, 0.6) is 5.75 Å². The predicted molar refractivity (Wildman–Crippen MR) is 78.4 cm³/mol. The highest BCUT2D eigenvalue weighted by atomic mass is 16.5. The number of hydrogen-bond acceptors (Lipinski definition) is 4. The Morgan fingerprint density at radius 3 is 2.35 bits per heavy atom. The standard InChI is InChI=1S/C16H22N2O2/c1-20-15-6-2-13(3-7-15)16(19)12-17-8-10-18(11-9-17)14-4-5-14/h2-3,6-7,14H,4-5,8-12H2,1H3. The second-order valence-corrected chi connectivity index (χ2v) is 5.69. The second kappa shape index (κ2) is 5.94. The van der Waals surface area contributed by atoms with Crippen LogP contribution in [0.2, 0.25) is 0 Å². The molecular formula is C16H22N2O2. The molecule has 4 heteroatoms. The van der Waals surface area contributed by atoms with Gasteiger partial charge in [0.1, 0.15) is 5.75 Å². The molecule has 1 aromatic rings. The molecule has 0 amide bonds. The van der Waals surface area contributed by atoms with E-state index in [9.17, 15) is 4.79 Å². The van der Waals surface area contributed by atoms with Gasteiger partial charge in [-0.2, -0.15) is 0 Å². The zero-order valence-electron chi connectivity index (χ0n) is 12.0. The number of nitrogens with zero attached hydrogens (tertiary/aromatic N) is 2. The second-order valence-electron chi connectivity index (χ2n) is 5.69. The molecular weight excluding hydrogens is 252 g/mol. The number of hydrogen-bond donors (Lipinski definition) is 0. The number of benzene rings is 1. The van der Waals surface area contributed by atoms with Crippen LogP contribution in [0.4, 0.5) is 0 Å². The first-order valence-electron chi connectivity index (χ1n) is 7.40. The van der Waals surface area contributed by atoms with Gasteiger partial charge in [-0.1, -0.05) is 0 Å². The number of piperazine rings is 1. The molecule has 0 radical (unpaired) electrons. The van der Waals surface area contributed by atoms with Gasteiger partial charge in [0.15, 0.2) is 5.78 Å². The van der Waals surface area contributed by atoms with Crippen LogP contribution in [0, 0.1) is 0 Å². The molecule has 0 N–H and O–H groups in total.